The van der Waals surface area contributed by atoms with E-state index in [0.717, 1.165) is 12.8 Å². The maximum Gasteiger partial charge on any atom is 0.222 e. The third-order valence-electron chi connectivity index (χ3n) is 1.70. The van der Waals surface area contributed by atoms with E-state index < -0.39 is 5.72 Å². The van der Waals surface area contributed by atoms with Crippen LogP contribution in [0.3, 0.4) is 0 Å². The number of rotatable bonds is 6. The van der Waals surface area contributed by atoms with Crippen LogP contribution in [0.15, 0.2) is 0 Å². The lowest BCUT2D eigenvalue weighted by Crippen LogP contribution is -2.42. The Kier molecular flexibility index (Phi) is 5.71. The highest BCUT2D eigenvalue weighted by atomic mass is 16.3. The number of hydrogen-bond acceptors (Lipinski definition) is 2. The van der Waals surface area contributed by atoms with E-state index in [1.165, 1.54) is 12.8 Å². The summed E-state index contributed by atoms with van der Waals surface area (Å²) in [4.78, 5) is 11.2. The molecule has 0 unspecified atom stereocenters. The Morgan fingerprint density at radius 2 is 1.92 bits per heavy atom. The summed E-state index contributed by atoms with van der Waals surface area (Å²) in [6.07, 6.45) is 4.87. The molecule has 13 heavy (non-hydrogen) atoms. The molecule has 3 nitrogen and oxygen atoms in total. The number of unbranched alkanes of at least 4 members (excludes halogenated alkanes) is 3. The molecule has 3 heteroatoms. The summed E-state index contributed by atoms with van der Waals surface area (Å²) in [5.41, 5.74) is -1.08. The van der Waals surface area contributed by atoms with E-state index in [4.69, 9.17) is 0 Å². The van der Waals surface area contributed by atoms with Crippen molar-refractivity contribution in [3.05, 3.63) is 0 Å². The molecule has 1 amide bonds. The Bertz CT molecular complexity index is 149. The van der Waals surface area contributed by atoms with Crippen LogP contribution in [0.1, 0.15) is 52.9 Å². The first-order valence-electron chi connectivity index (χ1n) is 4.99. The third kappa shape index (κ3) is 9.34. The van der Waals surface area contributed by atoms with E-state index in [-0.39, 0.29) is 5.91 Å². The van der Waals surface area contributed by atoms with Crippen molar-refractivity contribution in [1.29, 1.82) is 0 Å². The predicted molar refractivity (Wildman–Crippen MR) is 53.2 cm³/mol. The first-order valence-corrected chi connectivity index (χ1v) is 4.99. The fourth-order valence-corrected chi connectivity index (χ4v) is 1.12. The number of aliphatic hydroxyl groups is 1. The van der Waals surface area contributed by atoms with Crippen LogP contribution in [0.4, 0.5) is 0 Å². The van der Waals surface area contributed by atoms with Gasteiger partial charge in [-0.15, -0.1) is 0 Å². The van der Waals surface area contributed by atoms with Crippen LogP contribution in [0.5, 0.6) is 0 Å². The maximum absolute atomic E-state index is 11.2. The van der Waals surface area contributed by atoms with Crippen molar-refractivity contribution < 1.29 is 9.90 Å². The molecule has 0 saturated carbocycles. The minimum absolute atomic E-state index is 0.0661. The third-order valence-corrected chi connectivity index (χ3v) is 1.70. The SMILES string of the molecule is CCCCCCC(=O)NC(C)(C)O. The fraction of sp³-hybridized carbons (Fsp3) is 0.900. The molecule has 0 saturated heterocycles. The van der Waals surface area contributed by atoms with Gasteiger partial charge in [0, 0.05) is 6.42 Å². The van der Waals surface area contributed by atoms with Gasteiger partial charge in [-0.2, -0.15) is 0 Å². The number of carbonyl (C=O) groups is 1. The first-order chi connectivity index (χ1) is 5.95. The van der Waals surface area contributed by atoms with Gasteiger partial charge in [0.1, 0.15) is 5.72 Å². The van der Waals surface area contributed by atoms with Gasteiger partial charge in [-0.3, -0.25) is 4.79 Å². The lowest BCUT2D eigenvalue weighted by atomic mass is 10.1. The molecule has 0 atom stereocenters. The minimum Gasteiger partial charge on any atom is -0.372 e. The Labute approximate surface area is 80.5 Å². The summed E-state index contributed by atoms with van der Waals surface area (Å²) in [6, 6.07) is 0. The summed E-state index contributed by atoms with van der Waals surface area (Å²) in [5, 5.41) is 11.8. The molecular weight excluding hydrogens is 166 g/mol. The van der Waals surface area contributed by atoms with E-state index in [0.29, 0.717) is 6.42 Å². The largest absolute Gasteiger partial charge is 0.372 e. The molecule has 0 aromatic carbocycles. The Morgan fingerprint density at radius 3 is 2.38 bits per heavy atom. The van der Waals surface area contributed by atoms with Gasteiger partial charge in [-0.25, -0.2) is 0 Å². The molecule has 0 rings (SSSR count). The lowest BCUT2D eigenvalue weighted by molar-refractivity contribution is -0.127. The monoisotopic (exact) mass is 187 g/mol. The highest BCUT2D eigenvalue weighted by Crippen LogP contribution is 2.03. The van der Waals surface area contributed by atoms with Crippen molar-refractivity contribution in [1.82, 2.24) is 5.32 Å². The van der Waals surface area contributed by atoms with E-state index in [9.17, 15) is 9.90 Å². The van der Waals surface area contributed by atoms with Crippen molar-refractivity contribution in [3.63, 3.8) is 0 Å². The Morgan fingerprint density at radius 1 is 1.31 bits per heavy atom. The van der Waals surface area contributed by atoms with E-state index in [1.54, 1.807) is 13.8 Å². The number of hydrogen-bond donors (Lipinski definition) is 2. The number of amides is 1. The first kappa shape index (κ1) is 12.4. The van der Waals surface area contributed by atoms with Crippen LogP contribution in [0.2, 0.25) is 0 Å². The second kappa shape index (κ2) is 5.97. The highest BCUT2D eigenvalue weighted by molar-refractivity contribution is 5.76. The molecule has 0 fully saturated rings. The molecule has 0 aliphatic rings. The van der Waals surface area contributed by atoms with Gasteiger partial charge >= 0.3 is 0 Å². The molecule has 0 aliphatic heterocycles. The topological polar surface area (TPSA) is 49.3 Å². The van der Waals surface area contributed by atoms with Gasteiger partial charge in [0.05, 0.1) is 0 Å². The van der Waals surface area contributed by atoms with Crippen LogP contribution in [0, 0.1) is 0 Å². The average Bonchev–Trinajstić information content (AvgIpc) is 1.94. The summed E-state index contributed by atoms with van der Waals surface area (Å²) in [6.45, 7) is 5.27. The normalized spacial score (nSPS) is 11.4. The van der Waals surface area contributed by atoms with Crippen LogP contribution in [0.25, 0.3) is 0 Å². The number of carbonyl (C=O) groups excluding carboxylic acids is 1. The van der Waals surface area contributed by atoms with Gasteiger partial charge < -0.3 is 10.4 Å². The zero-order chi connectivity index (χ0) is 10.3. The second-order valence-corrected chi connectivity index (χ2v) is 3.92. The van der Waals surface area contributed by atoms with Gasteiger partial charge in [-0.05, 0) is 20.3 Å². The van der Waals surface area contributed by atoms with Crippen LogP contribution >= 0.6 is 0 Å². The molecule has 0 spiro atoms. The fourth-order valence-electron chi connectivity index (χ4n) is 1.12. The predicted octanol–water partition coefficient (Wildman–Crippen LogP) is 1.80. The molecule has 2 N–H and O–H groups in total. The Balaban J connectivity index is 3.41. The van der Waals surface area contributed by atoms with E-state index in [2.05, 4.69) is 12.2 Å². The summed E-state index contributed by atoms with van der Waals surface area (Å²) in [7, 11) is 0. The molecule has 78 valence electrons. The maximum atomic E-state index is 11.2. The van der Waals surface area contributed by atoms with Crippen LogP contribution < -0.4 is 5.32 Å². The van der Waals surface area contributed by atoms with Gasteiger partial charge in [0.15, 0.2) is 0 Å². The van der Waals surface area contributed by atoms with Crippen LogP contribution in [-0.2, 0) is 4.79 Å². The zero-order valence-corrected chi connectivity index (χ0v) is 8.89. The lowest BCUT2D eigenvalue weighted by Gasteiger charge is -2.18. The molecule has 0 bridgehead atoms. The summed E-state index contributed by atoms with van der Waals surface area (Å²) < 4.78 is 0. The average molecular weight is 187 g/mol. The van der Waals surface area contributed by atoms with Gasteiger partial charge in [-0.1, -0.05) is 26.2 Å². The zero-order valence-electron chi connectivity index (χ0n) is 8.89. The minimum atomic E-state index is -1.08. The van der Waals surface area contributed by atoms with Crippen molar-refractivity contribution in [2.75, 3.05) is 0 Å². The van der Waals surface area contributed by atoms with Crippen LogP contribution in [-0.4, -0.2) is 16.7 Å². The molecule has 0 heterocycles. The molecule has 0 aromatic rings. The smallest absolute Gasteiger partial charge is 0.222 e. The second-order valence-electron chi connectivity index (χ2n) is 3.92. The Hall–Kier alpha value is -0.570. The standard InChI is InChI=1S/C10H21NO2/c1-4-5-6-7-8-9(12)11-10(2,3)13/h13H,4-8H2,1-3H3,(H,11,12). The molecular formula is C10H21NO2. The van der Waals surface area contributed by atoms with Crippen molar-refractivity contribution in [3.8, 4) is 0 Å². The van der Waals surface area contributed by atoms with Crippen molar-refractivity contribution in [2.24, 2.45) is 0 Å². The van der Waals surface area contributed by atoms with E-state index in [1.807, 2.05) is 0 Å². The molecule has 0 aliphatic carbocycles. The van der Waals surface area contributed by atoms with Gasteiger partial charge in [0.25, 0.3) is 0 Å². The summed E-state index contributed by atoms with van der Waals surface area (Å²) in [5.74, 6) is -0.0661. The molecule has 0 radical (unpaired) electrons. The van der Waals surface area contributed by atoms with E-state index >= 15 is 0 Å². The van der Waals surface area contributed by atoms with Gasteiger partial charge in [0.2, 0.25) is 5.91 Å². The highest BCUT2D eigenvalue weighted by Gasteiger charge is 2.14. The molecule has 0 aromatic heterocycles. The summed E-state index contributed by atoms with van der Waals surface area (Å²) >= 11 is 0. The number of nitrogens with one attached hydrogen (secondary N) is 1. The quantitative estimate of drug-likeness (QED) is 0.492. The van der Waals surface area contributed by atoms with Crippen molar-refractivity contribution >= 4 is 5.91 Å². The van der Waals surface area contributed by atoms with Crippen molar-refractivity contribution in [2.45, 2.75) is 58.6 Å².